The molecule has 21 heavy (non-hydrogen) atoms. The molecule has 0 radical (unpaired) electrons. The maximum Gasteiger partial charge on any atom is 0.249 e. The van der Waals surface area contributed by atoms with Gasteiger partial charge in [0.15, 0.2) is 0 Å². The van der Waals surface area contributed by atoms with Crippen LogP contribution in [0.1, 0.15) is 13.3 Å². The molecule has 0 aromatic heterocycles. The highest BCUT2D eigenvalue weighted by Crippen LogP contribution is 2.23. The lowest BCUT2D eigenvalue weighted by molar-refractivity contribution is -0.128. The molecular formula is C14H19Cl2N3O2. The zero-order valence-corrected chi connectivity index (χ0v) is 13.3. The number of benzene rings is 1. The van der Waals surface area contributed by atoms with Crippen LogP contribution in [0.3, 0.4) is 0 Å². The summed E-state index contributed by atoms with van der Waals surface area (Å²) in [6.45, 7) is 2.60. The van der Waals surface area contributed by atoms with Gasteiger partial charge in [0.2, 0.25) is 11.8 Å². The molecule has 0 saturated carbocycles. The van der Waals surface area contributed by atoms with E-state index in [2.05, 4.69) is 5.32 Å². The highest BCUT2D eigenvalue weighted by molar-refractivity contribution is 6.30. The highest BCUT2D eigenvalue weighted by atomic mass is 35.5. The van der Waals surface area contributed by atoms with E-state index in [1.54, 1.807) is 36.1 Å². The molecule has 1 aromatic rings. The van der Waals surface area contributed by atoms with Crippen molar-refractivity contribution in [2.45, 2.75) is 19.4 Å². The van der Waals surface area contributed by atoms with Crippen LogP contribution in [0.2, 0.25) is 5.02 Å². The molecule has 7 heteroatoms. The Morgan fingerprint density at radius 2 is 2.10 bits per heavy atom. The number of rotatable bonds is 4. The summed E-state index contributed by atoms with van der Waals surface area (Å²) in [4.78, 5) is 25.7. The first-order valence-electron chi connectivity index (χ1n) is 6.60. The van der Waals surface area contributed by atoms with Gasteiger partial charge in [0.05, 0.1) is 0 Å². The molecule has 5 nitrogen and oxygen atoms in total. The van der Waals surface area contributed by atoms with Gasteiger partial charge in [-0.25, -0.2) is 0 Å². The summed E-state index contributed by atoms with van der Waals surface area (Å²) in [5.74, 6) is -0.555. The molecule has 1 aliphatic heterocycles. The number of amides is 2. The van der Waals surface area contributed by atoms with Gasteiger partial charge in [-0.2, -0.15) is 0 Å². The lowest BCUT2D eigenvalue weighted by Crippen LogP contribution is -2.44. The van der Waals surface area contributed by atoms with Gasteiger partial charge in [0.25, 0.3) is 0 Å². The zero-order valence-electron chi connectivity index (χ0n) is 11.7. The Morgan fingerprint density at radius 1 is 1.48 bits per heavy atom. The molecule has 2 unspecified atom stereocenters. The van der Waals surface area contributed by atoms with Gasteiger partial charge in [0, 0.05) is 29.7 Å². The number of nitrogens with two attached hydrogens (primary N) is 1. The second-order valence-corrected chi connectivity index (χ2v) is 5.39. The van der Waals surface area contributed by atoms with Crippen LogP contribution in [-0.2, 0) is 9.59 Å². The minimum Gasteiger partial charge on any atom is -0.344 e. The van der Waals surface area contributed by atoms with Crippen molar-refractivity contribution >= 4 is 41.5 Å². The van der Waals surface area contributed by atoms with Crippen molar-refractivity contribution in [2.24, 2.45) is 11.7 Å². The van der Waals surface area contributed by atoms with Gasteiger partial charge < -0.3 is 16.0 Å². The maximum absolute atomic E-state index is 12.3. The van der Waals surface area contributed by atoms with E-state index >= 15 is 0 Å². The third-order valence-electron chi connectivity index (χ3n) is 3.46. The van der Waals surface area contributed by atoms with Gasteiger partial charge in [-0.1, -0.05) is 18.5 Å². The lowest BCUT2D eigenvalue weighted by Gasteiger charge is -2.18. The highest BCUT2D eigenvalue weighted by Gasteiger charge is 2.34. The SMILES string of the molecule is CC(CN)C(=O)NC1CCN(c2ccc(Cl)cc2)C1=O.Cl. The number of carbonyl (C=O) groups is 2. The molecule has 116 valence electrons. The van der Waals surface area contributed by atoms with Gasteiger partial charge in [0.1, 0.15) is 6.04 Å². The van der Waals surface area contributed by atoms with Crippen LogP contribution in [-0.4, -0.2) is 30.9 Å². The second kappa shape index (κ2) is 7.64. The topological polar surface area (TPSA) is 75.4 Å². The van der Waals surface area contributed by atoms with Crippen molar-refractivity contribution in [3.8, 4) is 0 Å². The maximum atomic E-state index is 12.3. The van der Waals surface area contributed by atoms with Crippen LogP contribution in [0.4, 0.5) is 5.69 Å². The summed E-state index contributed by atoms with van der Waals surface area (Å²) in [7, 11) is 0. The van der Waals surface area contributed by atoms with E-state index in [0.29, 0.717) is 18.0 Å². The Morgan fingerprint density at radius 3 is 2.67 bits per heavy atom. The summed E-state index contributed by atoms with van der Waals surface area (Å²) in [6.07, 6.45) is 0.602. The summed E-state index contributed by atoms with van der Waals surface area (Å²) >= 11 is 5.83. The standard InChI is InChI=1S/C14H18ClN3O2.ClH/c1-9(8-16)13(19)17-12-6-7-18(14(12)20)11-4-2-10(15)3-5-11;/h2-5,9,12H,6-8,16H2,1H3,(H,17,19);1H. The number of anilines is 1. The summed E-state index contributed by atoms with van der Waals surface area (Å²) in [6, 6.07) is 6.62. The Bertz CT molecular complexity index is 507. The molecular weight excluding hydrogens is 313 g/mol. The van der Waals surface area contributed by atoms with Gasteiger partial charge in [-0.3, -0.25) is 9.59 Å². The number of nitrogens with zero attached hydrogens (tertiary/aromatic N) is 1. The average Bonchev–Trinajstić information content (AvgIpc) is 2.80. The molecule has 1 saturated heterocycles. The number of nitrogens with one attached hydrogen (secondary N) is 1. The third-order valence-corrected chi connectivity index (χ3v) is 3.71. The summed E-state index contributed by atoms with van der Waals surface area (Å²) < 4.78 is 0. The molecule has 2 amide bonds. The number of hydrogen-bond acceptors (Lipinski definition) is 3. The normalized spacial score (nSPS) is 19.1. The van der Waals surface area contributed by atoms with Crippen LogP contribution in [0, 0.1) is 5.92 Å². The Kier molecular flexibility index (Phi) is 6.45. The number of halogens is 2. The third kappa shape index (κ3) is 4.09. The molecule has 0 spiro atoms. The van der Waals surface area contributed by atoms with Crippen LogP contribution < -0.4 is 16.0 Å². The molecule has 2 rings (SSSR count). The minimum absolute atomic E-state index is 0. The van der Waals surface area contributed by atoms with Crippen LogP contribution in [0.15, 0.2) is 24.3 Å². The van der Waals surface area contributed by atoms with E-state index in [1.807, 2.05) is 0 Å². The van der Waals surface area contributed by atoms with Gasteiger partial charge in [-0.15, -0.1) is 12.4 Å². The average molecular weight is 332 g/mol. The van der Waals surface area contributed by atoms with Crippen LogP contribution in [0.25, 0.3) is 0 Å². The van der Waals surface area contributed by atoms with Crippen LogP contribution in [0.5, 0.6) is 0 Å². The van der Waals surface area contributed by atoms with Crippen molar-refractivity contribution in [1.82, 2.24) is 5.32 Å². The Labute approximate surface area is 135 Å². The first-order valence-corrected chi connectivity index (χ1v) is 6.98. The van der Waals surface area contributed by atoms with Crippen molar-refractivity contribution in [3.05, 3.63) is 29.3 Å². The van der Waals surface area contributed by atoms with E-state index in [4.69, 9.17) is 17.3 Å². The predicted molar refractivity (Wildman–Crippen MR) is 85.8 cm³/mol. The first-order chi connectivity index (χ1) is 9.52. The largest absolute Gasteiger partial charge is 0.344 e. The molecule has 0 aliphatic carbocycles. The van der Waals surface area contributed by atoms with Gasteiger partial charge in [-0.05, 0) is 30.7 Å². The summed E-state index contributed by atoms with van der Waals surface area (Å²) in [5, 5.41) is 3.38. The lowest BCUT2D eigenvalue weighted by atomic mass is 10.1. The van der Waals surface area contributed by atoms with Crippen LogP contribution >= 0.6 is 24.0 Å². The molecule has 3 N–H and O–H groups in total. The molecule has 1 aliphatic rings. The van der Waals surface area contributed by atoms with E-state index in [1.165, 1.54) is 0 Å². The predicted octanol–water partition coefficient (Wildman–Crippen LogP) is 1.58. The molecule has 1 fully saturated rings. The second-order valence-electron chi connectivity index (χ2n) is 4.95. The Balaban J connectivity index is 0.00000220. The van der Waals surface area contributed by atoms with E-state index in [9.17, 15) is 9.59 Å². The quantitative estimate of drug-likeness (QED) is 0.879. The van der Waals surface area contributed by atoms with Crippen molar-refractivity contribution in [3.63, 3.8) is 0 Å². The Hall–Kier alpha value is -1.30. The van der Waals surface area contributed by atoms with E-state index in [0.717, 1.165) is 5.69 Å². The van der Waals surface area contributed by atoms with Crippen molar-refractivity contribution in [1.29, 1.82) is 0 Å². The van der Waals surface area contributed by atoms with Gasteiger partial charge >= 0.3 is 0 Å². The van der Waals surface area contributed by atoms with Crippen molar-refractivity contribution < 1.29 is 9.59 Å². The fraction of sp³-hybridized carbons (Fsp3) is 0.429. The fourth-order valence-corrected chi connectivity index (χ4v) is 2.24. The summed E-state index contributed by atoms with van der Waals surface area (Å²) in [5.41, 5.74) is 6.24. The molecule has 1 heterocycles. The number of hydrogen-bond donors (Lipinski definition) is 2. The monoisotopic (exact) mass is 331 g/mol. The van der Waals surface area contributed by atoms with E-state index in [-0.39, 0.29) is 36.7 Å². The fourth-order valence-electron chi connectivity index (χ4n) is 2.11. The zero-order chi connectivity index (χ0) is 14.7. The minimum atomic E-state index is -0.466. The molecule has 0 bridgehead atoms. The molecule has 2 atom stereocenters. The molecule has 1 aromatic carbocycles. The van der Waals surface area contributed by atoms with Crippen molar-refractivity contribution in [2.75, 3.05) is 18.0 Å². The number of carbonyl (C=O) groups excluding carboxylic acids is 2. The first kappa shape index (κ1) is 17.8. The van der Waals surface area contributed by atoms with E-state index < -0.39 is 6.04 Å². The smallest absolute Gasteiger partial charge is 0.249 e.